The predicted octanol–water partition coefficient (Wildman–Crippen LogP) is 3.06. The van der Waals surface area contributed by atoms with Crippen LogP contribution < -0.4 is 5.32 Å². The van der Waals surface area contributed by atoms with Crippen molar-refractivity contribution >= 4 is 17.7 Å². The summed E-state index contributed by atoms with van der Waals surface area (Å²) in [7, 11) is 0. The normalized spacial score (nSPS) is 28.7. The van der Waals surface area contributed by atoms with Crippen molar-refractivity contribution in [2.45, 2.75) is 69.5 Å². The highest BCUT2D eigenvalue weighted by molar-refractivity contribution is 7.99. The van der Waals surface area contributed by atoms with Crippen molar-refractivity contribution < 1.29 is 4.79 Å². The zero-order valence-electron chi connectivity index (χ0n) is 13.8. The number of hydrogen-bond donors (Lipinski definition) is 1. The molecule has 0 spiro atoms. The fraction of sp³-hybridized carbons (Fsp3) is 0.722. The molecule has 5 heteroatoms. The molecule has 2 saturated carbocycles. The minimum atomic E-state index is 0.145. The number of aryl methyl sites for hydroxylation is 2. The van der Waals surface area contributed by atoms with Crippen LogP contribution in [0.4, 0.5) is 0 Å². The third-order valence-electron chi connectivity index (χ3n) is 5.79. The molecule has 4 nitrogen and oxygen atoms in total. The molecular formula is C18H25N3OS. The van der Waals surface area contributed by atoms with E-state index >= 15 is 0 Å². The number of fused-ring (bicyclic) bond motifs is 3. The Morgan fingerprint density at radius 2 is 2.09 bits per heavy atom. The van der Waals surface area contributed by atoms with Crippen LogP contribution in [0.25, 0.3) is 0 Å². The molecule has 0 saturated heterocycles. The van der Waals surface area contributed by atoms with E-state index in [2.05, 4.69) is 22.2 Å². The van der Waals surface area contributed by atoms with Crippen LogP contribution in [0.2, 0.25) is 0 Å². The molecular weight excluding hydrogens is 306 g/mol. The molecule has 1 amide bonds. The van der Waals surface area contributed by atoms with Gasteiger partial charge in [0.25, 0.3) is 0 Å². The molecule has 4 rings (SSSR count). The first-order valence-electron chi connectivity index (χ1n) is 8.97. The van der Waals surface area contributed by atoms with Gasteiger partial charge in [-0.3, -0.25) is 4.79 Å². The maximum atomic E-state index is 12.2. The van der Waals surface area contributed by atoms with Gasteiger partial charge in [0, 0.05) is 17.4 Å². The van der Waals surface area contributed by atoms with E-state index in [0.29, 0.717) is 11.8 Å². The van der Waals surface area contributed by atoms with Gasteiger partial charge in [0.2, 0.25) is 5.91 Å². The summed E-state index contributed by atoms with van der Waals surface area (Å²) < 4.78 is 0. The van der Waals surface area contributed by atoms with Crippen molar-refractivity contribution in [2.24, 2.45) is 11.8 Å². The third kappa shape index (κ3) is 3.25. The van der Waals surface area contributed by atoms with E-state index in [4.69, 9.17) is 0 Å². The number of aromatic nitrogens is 2. The van der Waals surface area contributed by atoms with Gasteiger partial charge in [0.05, 0.1) is 5.75 Å². The summed E-state index contributed by atoms with van der Waals surface area (Å²) in [5, 5.41) is 4.01. The number of nitrogens with zero attached hydrogens (tertiary/aromatic N) is 2. The zero-order chi connectivity index (χ0) is 15.8. The lowest BCUT2D eigenvalue weighted by Crippen LogP contribution is -2.39. The van der Waals surface area contributed by atoms with Crippen LogP contribution in [0.3, 0.4) is 0 Å². The molecule has 0 aliphatic heterocycles. The topological polar surface area (TPSA) is 54.9 Å². The Bertz CT molecular complexity index is 619. The first-order chi connectivity index (χ1) is 11.2. The quantitative estimate of drug-likeness (QED) is 0.680. The van der Waals surface area contributed by atoms with Crippen molar-refractivity contribution in [3.05, 3.63) is 17.0 Å². The lowest BCUT2D eigenvalue weighted by atomic mass is 9.95. The van der Waals surface area contributed by atoms with Gasteiger partial charge < -0.3 is 5.32 Å². The minimum absolute atomic E-state index is 0.145. The molecule has 0 aromatic carbocycles. The van der Waals surface area contributed by atoms with E-state index in [9.17, 15) is 4.79 Å². The highest BCUT2D eigenvalue weighted by Gasteiger charge is 2.40. The van der Waals surface area contributed by atoms with Gasteiger partial charge in [-0.25, -0.2) is 9.97 Å². The summed E-state index contributed by atoms with van der Waals surface area (Å²) >= 11 is 1.48. The first-order valence-corrected chi connectivity index (χ1v) is 9.96. The molecule has 3 aliphatic rings. The Morgan fingerprint density at radius 1 is 1.22 bits per heavy atom. The smallest absolute Gasteiger partial charge is 0.230 e. The SMILES string of the molecule is Cc1nc(SCC(=O)N[C@H]2C[C@@H]3CC[C@@H]2C3)nc2c1CCCC2. The lowest BCUT2D eigenvalue weighted by molar-refractivity contribution is -0.119. The van der Waals surface area contributed by atoms with Gasteiger partial charge in [0.1, 0.15) is 0 Å². The molecule has 3 atom stereocenters. The predicted molar refractivity (Wildman–Crippen MR) is 91.5 cm³/mol. The van der Waals surface area contributed by atoms with E-state index in [1.165, 1.54) is 61.5 Å². The molecule has 1 aromatic rings. The lowest BCUT2D eigenvalue weighted by Gasteiger charge is -2.22. The molecule has 2 fully saturated rings. The molecule has 0 unspecified atom stereocenters. The maximum Gasteiger partial charge on any atom is 0.230 e. The first kappa shape index (κ1) is 15.4. The summed E-state index contributed by atoms with van der Waals surface area (Å²) in [4.78, 5) is 21.5. The van der Waals surface area contributed by atoms with Gasteiger partial charge in [-0.1, -0.05) is 18.2 Å². The van der Waals surface area contributed by atoms with E-state index in [-0.39, 0.29) is 5.91 Å². The highest BCUT2D eigenvalue weighted by atomic mass is 32.2. The average molecular weight is 331 g/mol. The minimum Gasteiger partial charge on any atom is -0.352 e. The second-order valence-corrected chi connectivity index (χ2v) is 8.30. The number of hydrogen-bond acceptors (Lipinski definition) is 4. The molecule has 2 bridgehead atoms. The Morgan fingerprint density at radius 3 is 2.87 bits per heavy atom. The van der Waals surface area contributed by atoms with Crippen LogP contribution in [0.1, 0.15) is 55.5 Å². The monoisotopic (exact) mass is 331 g/mol. The van der Waals surface area contributed by atoms with Crippen molar-refractivity contribution in [2.75, 3.05) is 5.75 Å². The van der Waals surface area contributed by atoms with E-state index in [0.717, 1.165) is 35.5 Å². The molecule has 23 heavy (non-hydrogen) atoms. The van der Waals surface area contributed by atoms with E-state index in [1.54, 1.807) is 0 Å². The molecule has 124 valence electrons. The summed E-state index contributed by atoms with van der Waals surface area (Å²) in [5.41, 5.74) is 3.65. The second-order valence-electron chi connectivity index (χ2n) is 7.36. The summed E-state index contributed by atoms with van der Waals surface area (Å²) in [5.74, 6) is 2.18. The van der Waals surface area contributed by atoms with E-state index in [1.807, 2.05) is 0 Å². The van der Waals surface area contributed by atoms with Crippen LogP contribution in [0.5, 0.6) is 0 Å². The number of amides is 1. The largest absolute Gasteiger partial charge is 0.352 e. The fourth-order valence-corrected chi connectivity index (χ4v) is 5.34. The number of rotatable bonds is 4. The molecule has 1 heterocycles. The number of thioether (sulfide) groups is 1. The molecule has 1 N–H and O–H groups in total. The van der Waals surface area contributed by atoms with Gasteiger partial charge in [-0.15, -0.1) is 0 Å². The number of carbonyl (C=O) groups is 1. The average Bonchev–Trinajstić information content (AvgIpc) is 3.16. The van der Waals surface area contributed by atoms with Gasteiger partial charge in [-0.05, 0) is 69.3 Å². The van der Waals surface area contributed by atoms with Crippen LogP contribution in [0, 0.1) is 18.8 Å². The Kier molecular flexibility index (Phi) is 4.31. The zero-order valence-corrected chi connectivity index (χ0v) is 14.6. The van der Waals surface area contributed by atoms with Crippen molar-refractivity contribution in [3.8, 4) is 0 Å². The number of nitrogens with one attached hydrogen (secondary N) is 1. The van der Waals surface area contributed by atoms with Crippen molar-refractivity contribution in [1.29, 1.82) is 0 Å². The van der Waals surface area contributed by atoms with Crippen LogP contribution >= 0.6 is 11.8 Å². The van der Waals surface area contributed by atoms with Crippen molar-refractivity contribution in [1.82, 2.24) is 15.3 Å². The Hall–Kier alpha value is -1.10. The van der Waals surface area contributed by atoms with Crippen LogP contribution in [-0.2, 0) is 17.6 Å². The number of carbonyl (C=O) groups excluding carboxylic acids is 1. The van der Waals surface area contributed by atoms with Crippen LogP contribution in [-0.4, -0.2) is 27.7 Å². The standard InChI is InChI=1S/C18H25N3OS/c1-11-14-4-2-3-5-15(14)21-18(19-11)23-10-17(22)20-16-9-12-6-7-13(16)8-12/h12-13,16H,2-10H2,1H3,(H,20,22)/t12-,13-,16+/m1/s1. The van der Waals surface area contributed by atoms with Gasteiger partial charge >= 0.3 is 0 Å². The third-order valence-corrected chi connectivity index (χ3v) is 6.63. The second kappa shape index (κ2) is 6.42. The fourth-order valence-electron chi connectivity index (χ4n) is 4.62. The summed E-state index contributed by atoms with van der Waals surface area (Å²) in [6, 6.07) is 0.424. The van der Waals surface area contributed by atoms with Crippen molar-refractivity contribution in [3.63, 3.8) is 0 Å². The Labute approximate surface area is 142 Å². The molecule has 0 radical (unpaired) electrons. The van der Waals surface area contributed by atoms with Gasteiger partial charge in [-0.2, -0.15) is 0 Å². The van der Waals surface area contributed by atoms with E-state index < -0.39 is 0 Å². The molecule has 1 aromatic heterocycles. The highest BCUT2D eigenvalue weighted by Crippen LogP contribution is 2.44. The maximum absolute atomic E-state index is 12.2. The van der Waals surface area contributed by atoms with Crippen LogP contribution in [0.15, 0.2) is 5.16 Å². The Balaban J connectivity index is 1.33. The molecule has 3 aliphatic carbocycles. The summed E-state index contributed by atoms with van der Waals surface area (Å²) in [6.07, 6.45) is 9.82. The van der Waals surface area contributed by atoms with Gasteiger partial charge in [0.15, 0.2) is 5.16 Å². The summed E-state index contributed by atoms with van der Waals surface area (Å²) in [6.45, 7) is 2.07.